The van der Waals surface area contributed by atoms with Crippen molar-refractivity contribution in [3.8, 4) is 16.2 Å². The van der Waals surface area contributed by atoms with Crippen LogP contribution in [0.5, 0.6) is 5.75 Å². The van der Waals surface area contributed by atoms with Gasteiger partial charge < -0.3 is 4.74 Å². The summed E-state index contributed by atoms with van der Waals surface area (Å²) in [4.78, 5) is 13.2. The van der Waals surface area contributed by atoms with Crippen molar-refractivity contribution < 1.29 is 9.53 Å². The number of hydrogen-bond acceptors (Lipinski definition) is 3. The lowest BCUT2D eigenvalue weighted by Gasteiger charge is -2.18. The van der Waals surface area contributed by atoms with Crippen LogP contribution in [0, 0.1) is 5.41 Å². The minimum atomic E-state index is 0.0875. The number of ketones is 1. The van der Waals surface area contributed by atoms with Crippen LogP contribution in [0.2, 0.25) is 5.02 Å². The molecule has 0 unspecified atom stereocenters. The van der Waals surface area contributed by atoms with Gasteiger partial charge in [0.1, 0.15) is 5.75 Å². The zero-order valence-corrected chi connectivity index (χ0v) is 15.0. The molecule has 0 saturated carbocycles. The first kappa shape index (κ1) is 17.0. The summed E-state index contributed by atoms with van der Waals surface area (Å²) < 4.78 is 5.76. The van der Waals surface area contributed by atoms with Crippen molar-refractivity contribution >= 4 is 28.7 Å². The summed E-state index contributed by atoms with van der Waals surface area (Å²) in [7, 11) is 0. The summed E-state index contributed by atoms with van der Waals surface area (Å²) >= 11 is 7.79. The van der Waals surface area contributed by atoms with E-state index < -0.39 is 0 Å². The van der Waals surface area contributed by atoms with Crippen LogP contribution >= 0.6 is 22.9 Å². The number of thiophene rings is 1. The molecule has 0 aliphatic carbocycles. The smallest absolute Gasteiger partial charge is 0.169 e. The summed E-state index contributed by atoms with van der Waals surface area (Å²) in [5, 5.41) is 0.601. The Morgan fingerprint density at radius 2 is 1.95 bits per heavy atom. The Labute approximate surface area is 141 Å². The molecular formula is C18H21ClO2S. The maximum atomic E-state index is 11.4. The lowest BCUT2D eigenvalue weighted by molar-refractivity contribution is 0.102. The zero-order chi connectivity index (χ0) is 16.3. The normalized spacial score (nSPS) is 11.5. The number of carbonyl (C=O) groups excluding carboxylic acids is 1. The van der Waals surface area contributed by atoms with E-state index in [2.05, 4.69) is 20.8 Å². The van der Waals surface area contributed by atoms with E-state index in [0.29, 0.717) is 17.4 Å². The maximum Gasteiger partial charge on any atom is 0.169 e. The molecule has 1 heterocycles. The molecule has 118 valence electrons. The lowest BCUT2D eigenvalue weighted by atomic mass is 9.93. The Kier molecular flexibility index (Phi) is 5.30. The predicted octanol–water partition coefficient (Wildman–Crippen LogP) is 6.09. The molecule has 2 aromatic rings. The molecule has 0 spiro atoms. The first-order valence-corrected chi connectivity index (χ1v) is 8.49. The maximum absolute atomic E-state index is 11.4. The number of ether oxygens (including phenoxy) is 1. The van der Waals surface area contributed by atoms with Gasteiger partial charge in [0, 0.05) is 4.88 Å². The van der Waals surface area contributed by atoms with Crippen molar-refractivity contribution in [2.75, 3.05) is 6.61 Å². The lowest BCUT2D eigenvalue weighted by Crippen LogP contribution is -2.11. The molecular weight excluding hydrogens is 316 g/mol. The SMILES string of the molecule is CC(=O)c1ccc(-c2ccc(OCCC(C)(C)C)c(Cl)c2)s1. The summed E-state index contributed by atoms with van der Waals surface area (Å²) in [6, 6.07) is 9.57. The Balaban J connectivity index is 2.10. The van der Waals surface area contributed by atoms with E-state index in [1.54, 1.807) is 6.92 Å². The van der Waals surface area contributed by atoms with E-state index in [1.165, 1.54) is 11.3 Å². The highest BCUT2D eigenvalue weighted by atomic mass is 35.5. The zero-order valence-electron chi connectivity index (χ0n) is 13.4. The molecule has 22 heavy (non-hydrogen) atoms. The van der Waals surface area contributed by atoms with Crippen molar-refractivity contribution in [2.45, 2.75) is 34.1 Å². The topological polar surface area (TPSA) is 26.3 Å². The molecule has 2 rings (SSSR count). The number of Topliss-reactive ketones (excluding diaryl/α,β-unsaturated/α-hetero) is 1. The predicted molar refractivity (Wildman–Crippen MR) is 94.3 cm³/mol. The van der Waals surface area contributed by atoms with Gasteiger partial charge in [0.25, 0.3) is 0 Å². The van der Waals surface area contributed by atoms with Gasteiger partial charge in [-0.25, -0.2) is 0 Å². The van der Waals surface area contributed by atoms with Crippen molar-refractivity contribution in [1.29, 1.82) is 0 Å². The Hall–Kier alpha value is -1.32. The monoisotopic (exact) mass is 336 g/mol. The summed E-state index contributed by atoms with van der Waals surface area (Å²) in [6.45, 7) is 8.78. The van der Waals surface area contributed by atoms with E-state index in [9.17, 15) is 4.79 Å². The third-order valence-electron chi connectivity index (χ3n) is 3.28. The molecule has 0 aliphatic heterocycles. The molecule has 0 bridgehead atoms. The molecule has 0 fully saturated rings. The highest BCUT2D eigenvalue weighted by molar-refractivity contribution is 7.17. The van der Waals surface area contributed by atoms with Crippen LogP contribution < -0.4 is 4.74 Å². The van der Waals surface area contributed by atoms with Crippen LogP contribution in [-0.4, -0.2) is 12.4 Å². The molecule has 2 nitrogen and oxygen atoms in total. The number of hydrogen-bond donors (Lipinski definition) is 0. The molecule has 0 radical (unpaired) electrons. The first-order valence-electron chi connectivity index (χ1n) is 7.30. The van der Waals surface area contributed by atoms with Crippen LogP contribution in [0.4, 0.5) is 0 Å². The van der Waals surface area contributed by atoms with Crippen LogP contribution in [0.3, 0.4) is 0 Å². The van der Waals surface area contributed by atoms with Crippen LogP contribution in [0.25, 0.3) is 10.4 Å². The third-order valence-corrected chi connectivity index (χ3v) is 4.81. The Morgan fingerprint density at radius 1 is 1.23 bits per heavy atom. The molecule has 0 saturated heterocycles. The second kappa shape index (κ2) is 6.84. The fourth-order valence-corrected chi connectivity index (χ4v) is 3.05. The summed E-state index contributed by atoms with van der Waals surface area (Å²) in [6.07, 6.45) is 0.970. The van der Waals surface area contributed by atoms with Crippen molar-refractivity contribution in [3.05, 3.63) is 40.2 Å². The quantitative estimate of drug-likeness (QED) is 0.618. The number of benzene rings is 1. The molecule has 1 aromatic heterocycles. The molecule has 0 amide bonds. The molecule has 1 aromatic carbocycles. The first-order chi connectivity index (χ1) is 10.3. The van der Waals surface area contributed by atoms with Gasteiger partial charge in [0.15, 0.2) is 5.78 Å². The average Bonchev–Trinajstić information content (AvgIpc) is 2.89. The number of carbonyl (C=O) groups is 1. The van der Waals surface area contributed by atoms with E-state index >= 15 is 0 Å². The molecule has 0 N–H and O–H groups in total. The van der Waals surface area contributed by atoms with Gasteiger partial charge in [-0.15, -0.1) is 11.3 Å². The second-order valence-corrected chi connectivity index (χ2v) is 8.02. The highest BCUT2D eigenvalue weighted by Crippen LogP contribution is 2.34. The summed E-state index contributed by atoms with van der Waals surface area (Å²) in [5.74, 6) is 0.794. The van der Waals surface area contributed by atoms with E-state index in [0.717, 1.165) is 21.7 Å². The standard InChI is InChI=1S/C18H21ClO2S/c1-12(20)16-7-8-17(22-16)13-5-6-15(14(19)11-13)21-10-9-18(2,3)4/h5-8,11H,9-10H2,1-4H3. The minimum absolute atomic E-state index is 0.0875. The minimum Gasteiger partial charge on any atom is -0.492 e. The fourth-order valence-electron chi connectivity index (χ4n) is 1.92. The van der Waals surface area contributed by atoms with E-state index in [1.807, 2.05) is 30.3 Å². The van der Waals surface area contributed by atoms with E-state index in [4.69, 9.17) is 16.3 Å². The van der Waals surface area contributed by atoms with Crippen LogP contribution in [0.15, 0.2) is 30.3 Å². The van der Waals surface area contributed by atoms with Crippen molar-refractivity contribution in [3.63, 3.8) is 0 Å². The van der Waals surface area contributed by atoms with Crippen molar-refractivity contribution in [2.24, 2.45) is 5.41 Å². The summed E-state index contributed by atoms with van der Waals surface area (Å²) in [5.41, 5.74) is 1.25. The van der Waals surface area contributed by atoms with E-state index in [-0.39, 0.29) is 11.2 Å². The van der Waals surface area contributed by atoms with Crippen LogP contribution in [0.1, 0.15) is 43.8 Å². The fraction of sp³-hybridized carbons (Fsp3) is 0.389. The van der Waals surface area contributed by atoms with Gasteiger partial charge in [-0.1, -0.05) is 32.4 Å². The highest BCUT2D eigenvalue weighted by Gasteiger charge is 2.12. The average molecular weight is 337 g/mol. The van der Waals surface area contributed by atoms with Gasteiger partial charge >= 0.3 is 0 Å². The third kappa shape index (κ3) is 4.59. The van der Waals surface area contributed by atoms with Gasteiger partial charge in [0.2, 0.25) is 0 Å². The van der Waals surface area contributed by atoms with Gasteiger partial charge in [-0.3, -0.25) is 4.79 Å². The van der Waals surface area contributed by atoms with Crippen molar-refractivity contribution in [1.82, 2.24) is 0 Å². The Morgan fingerprint density at radius 3 is 2.50 bits per heavy atom. The molecule has 4 heteroatoms. The van der Waals surface area contributed by atoms with Gasteiger partial charge in [-0.2, -0.15) is 0 Å². The number of halogens is 1. The van der Waals surface area contributed by atoms with Crippen LogP contribution in [-0.2, 0) is 0 Å². The second-order valence-electron chi connectivity index (χ2n) is 6.52. The largest absolute Gasteiger partial charge is 0.492 e. The van der Waals surface area contributed by atoms with Gasteiger partial charge in [-0.05, 0) is 54.7 Å². The molecule has 0 aliphatic rings. The van der Waals surface area contributed by atoms with Gasteiger partial charge in [0.05, 0.1) is 16.5 Å². The Bertz CT molecular complexity index is 668. The molecule has 0 atom stereocenters. The number of rotatable bonds is 5.